The zero-order valence-corrected chi connectivity index (χ0v) is 12.5. The van der Waals surface area contributed by atoms with Crippen molar-refractivity contribution in [1.82, 2.24) is 0 Å². The van der Waals surface area contributed by atoms with Crippen LogP contribution in [0.15, 0.2) is 0 Å². The van der Waals surface area contributed by atoms with Gasteiger partial charge in [-0.05, 0) is 36.8 Å². The Labute approximate surface area is 121 Å². The predicted molar refractivity (Wildman–Crippen MR) is 78.7 cm³/mol. The Morgan fingerprint density at radius 1 is 1.30 bits per heavy atom. The van der Waals surface area contributed by atoms with Crippen LogP contribution in [0.5, 0.6) is 0 Å². The fraction of sp³-hybridized carbons (Fsp3) is 0.625. The average molecular weight is 274 g/mol. The number of fused-ring (bicyclic) bond motifs is 1. The quantitative estimate of drug-likeness (QED) is 0.809. The van der Waals surface area contributed by atoms with E-state index in [1.807, 2.05) is 0 Å². The van der Waals surface area contributed by atoms with Gasteiger partial charge >= 0.3 is 0 Å². The van der Waals surface area contributed by atoms with E-state index in [1.54, 1.807) is 7.11 Å². The molecule has 0 atom stereocenters. The van der Waals surface area contributed by atoms with Crippen molar-refractivity contribution < 1.29 is 9.72 Å². The molecular weight excluding hydrogens is 250 g/mol. The summed E-state index contributed by atoms with van der Waals surface area (Å²) in [5.74, 6) is 0.890. The van der Waals surface area contributed by atoms with Crippen LogP contribution >= 0.6 is 0 Å². The Morgan fingerprint density at radius 3 is 2.70 bits per heavy atom. The number of aromatic nitrogens is 1. The van der Waals surface area contributed by atoms with Gasteiger partial charge in [-0.3, -0.25) is 5.32 Å². The van der Waals surface area contributed by atoms with Gasteiger partial charge < -0.3 is 4.74 Å². The molecule has 1 aromatic heterocycles. The maximum Gasteiger partial charge on any atom is 0.290 e. The monoisotopic (exact) mass is 274 g/mol. The number of nitrogens with one attached hydrogen (secondary N) is 2. The molecule has 4 heteroatoms. The number of ether oxygens (including phenoxy) is 1. The topological polar surface area (TPSA) is 59.2 Å². The van der Waals surface area contributed by atoms with E-state index in [2.05, 4.69) is 23.3 Å². The Balaban J connectivity index is 2.29. The molecule has 0 spiro atoms. The normalized spacial score (nSPS) is 13.7. The molecule has 2 rings (SSSR count). The number of hydrogen-bond donors (Lipinski definition) is 1. The first-order chi connectivity index (χ1) is 9.81. The highest BCUT2D eigenvalue weighted by molar-refractivity contribution is 5.56. The van der Waals surface area contributed by atoms with Crippen LogP contribution < -0.4 is 10.3 Å². The number of H-pyrrole nitrogens is 1. The number of anilines is 1. The summed E-state index contributed by atoms with van der Waals surface area (Å²) in [5, 5.41) is 12.9. The first-order valence-electron chi connectivity index (χ1n) is 7.54. The third-order valence-corrected chi connectivity index (χ3v) is 3.95. The zero-order chi connectivity index (χ0) is 14.4. The van der Waals surface area contributed by atoms with Crippen LogP contribution in [0.1, 0.15) is 48.6 Å². The second kappa shape index (κ2) is 7.25. The SMILES string of the molecule is CCc1[nH+]c(NCCCOC)c(C#N)c2c1CCCC2. The minimum Gasteiger partial charge on any atom is -0.385 e. The van der Waals surface area contributed by atoms with Gasteiger partial charge in [0.1, 0.15) is 17.3 Å². The van der Waals surface area contributed by atoms with Crippen LogP contribution in [0.25, 0.3) is 0 Å². The molecule has 0 saturated heterocycles. The van der Waals surface area contributed by atoms with Crippen molar-refractivity contribution in [3.8, 4) is 6.07 Å². The van der Waals surface area contributed by atoms with Crippen LogP contribution in [0.4, 0.5) is 5.82 Å². The van der Waals surface area contributed by atoms with E-state index in [9.17, 15) is 5.26 Å². The molecule has 2 N–H and O–H groups in total. The van der Waals surface area contributed by atoms with Crippen molar-refractivity contribution in [2.45, 2.75) is 45.4 Å². The Bertz CT molecular complexity index is 505. The molecule has 4 nitrogen and oxygen atoms in total. The Kier molecular flexibility index (Phi) is 5.37. The summed E-state index contributed by atoms with van der Waals surface area (Å²) < 4.78 is 5.06. The van der Waals surface area contributed by atoms with E-state index in [1.165, 1.54) is 29.7 Å². The number of nitrogens with zero attached hydrogens (tertiary/aromatic N) is 1. The largest absolute Gasteiger partial charge is 0.385 e. The second-order valence-corrected chi connectivity index (χ2v) is 5.26. The van der Waals surface area contributed by atoms with Crippen molar-refractivity contribution >= 4 is 5.82 Å². The molecule has 0 fully saturated rings. The van der Waals surface area contributed by atoms with E-state index in [-0.39, 0.29) is 0 Å². The third kappa shape index (κ3) is 3.10. The van der Waals surface area contributed by atoms with Gasteiger partial charge in [-0.1, -0.05) is 6.92 Å². The van der Waals surface area contributed by atoms with E-state index in [0.717, 1.165) is 50.2 Å². The van der Waals surface area contributed by atoms with Gasteiger partial charge in [-0.25, -0.2) is 4.98 Å². The molecule has 0 radical (unpaired) electrons. The maximum absolute atomic E-state index is 9.51. The lowest BCUT2D eigenvalue weighted by molar-refractivity contribution is -0.374. The van der Waals surface area contributed by atoms with Crippen molar-refractivity contribution in [3.05, 3.63) is 22.4 Å². The van der Waals surface area contributed by atoms with Crippen LogP contribution in [0.2, 0.25) is 0 Å². The highest BCUT2D eigenvalue weighted by Gasteiger charge is 2.24. The summed E-state index contributed by atoms with van der Waals surface area (Å²) in [5.41, 5.74) is 4.75. The van der Waals surface area contributed by atoms with Gasteiger partial charge in [-0.2, -0.15) is 5.26 Å². The van der Waals surface area contributed by atoms with E-state index in [0.29, 0.717) is 0 Å². The second-order valence-electron chi connectivity index (χ2n) is 5.26. The first kappa shape index (κ1) is 14.8. The molecule has 0 amide bonds. The summed E-state index contributed by atoms with van der Waals surface area (Å²) in [7, 11) is 1.71. The molecule has 108 valence electrons. The molecule has 1 heterocycles. The number of pyridine rings is 1. The maximum atomic E-state index is 9.51. The average Bonchev–Trinajstić information content (AvgIpc) is 2.50. The minimum absolute atomic E-state index is 0.737. The lowest BCUT2D eigenvalue weighted by atomic mass is 9.87. The summed E-state index contributed by atoms with van der Waals surface area (Å²) in [4.78, 5) is 3.44. The molecule has 20 heavy (non-hydrogen) atoms. The lowest BCUT2D eigenvalue weighted by Crippen LogP contribution is -2.26. The van der Waals surface area contributed by atoms with Gasteiger partial charge in [0.2, 0.25) is 0 Å². The summed E-state index contributed by atoms with van der Waals surface area (Å²) in [6.45, 7) is 3.73. The molecule has 0 unspecified atom stereocenters. The first-order valence-corrected chi connectivity index (χ1v) is 7.54. The standard InChI is InChI=1S/C16H23N3O/c1-3-15-13-8-5-4-7-12(13)14(11-17)16(19-15)18-9-6-10-20-2/h3-10H2,1-2H3,(H,18,19)/p+1. The lowest BCUT2D eigenvalue weighted by Gasteiger charge is -2.19. The Morgan fingerprint density at radius 2 is 2.05 bits per heavy atom. The smallest absolute Gasteiger partial charge is 0.290 e. The fourth-order valence-corrected chi connectivity index (χ4v) is 2.94. The number of hydrogen-bond acceptors (Lipinski definition) is 3. The summed E-state index contributed by atoms with van der Waals surface area (Å²) >= 11 is 0. The van der Waals surface area contributed by atoms with Gasteiger partial charge in [0.05, 0.1) is 6.54 Å². The highest BCUT2D eigenvalue weighted by Crippen LogP contribution is 2.28. The Hall–Kier alpha value is -1.60. The molecular formula is C16H24N3O+. The number of aromatic amines is 1. The van der Waals surface area contributed by atoms with Crippen molar-refractivity contribution in [1.29, 1.82) is 5.26 Å². The zero-order valence-electron chi connectivity index (χ0n) is 12.5. The molecule has 1 aromatic rings. The number of nitriles is 1. The minimum atomic E-state index is 0.737. The van der Waals surface area contributed by atoms with Gasteiger partial charge in [-0.15, -0.1) is 0 Å². The van der Waals surface area contributed by atoms with Crippen LogP contribution in [0.3, 0.4) is 0 Å². The van der Waals surface area contributed by atoms with E-state index in [4.69, 9.17) is 4.74 Å². The fourth-order valence-electron chi connectivity index (χ4n) is 2.94. The molecule has 1 aliphatic carbocycles. The highest BCUT2D eigenvalue weighted by atomic mass is 16.5. The molecule has 1 aliphatic rings. The summed E-state index contributed by atoms with van der Waals surface area (Å²) in [6, 6.07) is 2.39. The third-order valence-electron chi connectivity index (χ3n) is 3.95. The number of methoxy groups -OCH3 is 1. The van der Waals surface area contributed by atoms with Crippen LogP contribution in [-0.4, -0.2) is 20.3 Å². The molecule has 0 aromatic carbocycles. The summed E-state index contributed by atoms with van der Waals surface area (Å²) in [6.07, 6.45) is 6.49. The van der Waals surface area contributed by atoms with E-state index >= 15 is 0 Å². The van der Waals surface area contributed by atoms with Crippen LogP contribution in [0, 0.1) is 11.3 Å². The number of rotatable bonds is 6. The molecule has 0 saturated carbocycles. The van der Waals surface area contributed by atoms with Gasteiger partial charge in [0.25, 0.3) is 5.82 Å². The van der Waals surface area contributed by atoms with Crippen molar-refractivity contribution in [2.75, 3.05) is 25.6 Å². The van der Waals surface area contributed by atoms with E-state index < -0.39 is 0 Å². The predicted octanol–water partition coefficient (Wildman–Crippen LogP) is 2.26. The molecule has 0 aliphatic heterocycles. The number of aryl methyl sites for hydroxylation is 1. The van der Waals surface area contributed by atoms with Gasteiger partial charge in [0.15, 0.2) is 0 Å². The molecule has 0 bridgehead atoms. The van der Waals surface area contributed by atoms with Gasteiger partial charge in [0, 0.05) is 26.6 Å². The van der Waals surface area contributed by atoms with Crippen LogP contribution in [-0.2, 0) is 24.0 Å². The van der Waals surface area contributed by atoms with Crippen molar-refractivity contribution in [3.63, 3.8) is 0 Å². The van der Waals surface area contributed by atoms with Crippen molar-refractivity contribution in [2.24, 2.45) is 0 Å².